The fraction of sp³-hybridized carbons (Fsp3) is 0.821. The number of nitrogens with one attached hydrogen (secondary N) is 4. The number of rotatable bonds is 20. The zero-order chi connectivity index (χ0) is 30.6. The van der Waals surface area contributed by atoms with E-state index < -0.39 is 24.0 Å². The summed E-state index contributed by atoms with van der Waals surface area (Å²) in [6.07, 6.45) is 7.31. The van der Waals surface area contributed by atoms with Crippen LogP contribution in [0, 0.1) is 5.92 Å². The molecular formula is C28H56N4O6S. The van der Waals surface area contributed by atoms with Gasteiger partial charge in [-0.05, 0) is 57.6 Å². The average molecular weight is 577 g/mol. The molecule has 2 unspecified atom stereocenters. The van der Waals surface area contributed by atoms with E-state index in [1.54, 1.807) is 18.8 Å². The number of ketones is 1. The number of likely N-dealkylation sites (N-methyl/N-ethyl adjacent to an activating group) is 1. The van der Waals surface area contributed by atoms with E-state index >= 15 is 0 Å². The molecule has 0 aliphatic heterocycles. The van der Waals surface area contributed by atoms with Crippen LogP contribution in [0.25, 0.3) is 0 Å². The van der Waals surface area contributed by atoms with Crippen LogP contribution in [0.2, 0.25) is 0 Å². The molecule has 3 amide bonds. The van der Waals surface area contributed by atoms with Gasteiger partial charge in [0, 0.05) is 25.3 Å². The SMILES string of the molecule is CC.CCC.CNC(CCSC)C(=O)NCC(=O)NC(CCCCNC(=O)CCCCC(=O)C(C)C)C(=O)O. The molecule has 2 atom stereocenters. The van der Waals surface area contributed by atoms with Crippen molar-refractivity contribution in [3.05, 3.63) is 0 Å². The first-order valence-electron chi connectivity index (χ1n) is 14.3. The van der Waals surface area contributed by atoms with Crippen LogP contribution in [0.1, 0.15) is 99.3 Å². The molecule has 0 saturated carbocycles. The van der Waals surface area contributed by atoms with Gasteiger partial charge in [-0.3, -0.25) is 19.2 Å². The number of carboxylic acid groups (broad SMARTS) is 1. The molecule has 0 aromatic rings. The van der Waals surface area contributed by atoms with Crippen LogP contribution in [0.5, 0.6) is 0 Å². The van der Waals surface area contributed by atoms with E-state index in [-0.39, 0.29) is 36.5 Å². The number of thioether (sulfide) groups is 1. The third kappa shape index (κ3) is 25.9. The van der Waals surface area contributed by atoms with Crippen molar-refractivity contribution in [1.82, 2.24) is 21.3 Å². The lowest BCUT2D eigenvalue weighted by Gasteiger charge is -2.17. The molecule has 39 heavy (non-hydrogen) atoms. The Morgan fingerprint density at radius 2 is 1.41 bits per heavy atom. The van der Waals surface area contributed by atoms with Crippen LogP contribution < -0.4 is 21.3 Å². The summed E-state index contributed by atoms with van der Waals surface area (Å²) in [7, 11) is 1.67. The highest BCUT2D eigenvalue weighted by atomic mass is 32.2. The number of carbonyl (C=O) groups is 5. The van der Waals surface area contributed by atoms with Crippen LogP contribution in [0.4, 0.5) is 0 Å². The fourth-order valence-electron chi connectivity index (χ4n) is 3.10. The number of carbonyl (C=O) groups excluding carboxylic acids is 4. The molecule has 0 saturated heterocycles. The molecule has 10 nitrogen and oxygen atoms in total. The molecule has 0 fully saturated rings. The number of aliphatic carboxylic acids is 1. The predicted molar refractivity (Wildman–Crippen MR) is 161 cm³/mol. The first-order valence-corrected chi connectivity index (χ1v) is 15.7. The van der Waals surface area contributed by atoms with Gasteiger partial charge >= 0.3 is 5.97 Å². The molecular weight excluding hydrogens is 520 g/mol. The smallest absolute Gasteiger partial charge is 0.326 e. The maximum atomic E-state index is 12.1. The quantitative estimate of drug-likeness (QED) is 0.138. The summed E-state index contributed by atoms with van der Waals surface area (Å²) in [6, 6.07) is -1.47. The van der Waals surface area contributed by atoms with Crippen LogP contribution in [-0.4, -0.2) is 78.8 Å². The summed E-state index contributed by atoms with van der Waals surface area (Å²) in [6.45, 7) is 12.1. The molecule has 0 heterocycles. The Morgan fingerprint density at radius 3 is 1.92 bits per heavy atom. The molecule has 0 aliphatic carbocycles. The van der Waals surface area contributed by atoms with Crippen LogP contribution >= 0.6 is 11.8 Å². The van der Waals surface area contributed by atoms with E-state index in [4.69, 9.17) is 0 Å². The van der Waals surface area contributed by atoms with Gasteiger partial charge in [0.05, 0.1) is 12.6 Å². The van der Waals surface area contributed by atoms with E-state index in [0.717, 1.165) is 5.75 Å². The second-order valence-electron chi connectivity index (χ2n) is 9.18. The molecule has 0 radical (unpaired) electrons. The standard InChI is InChI=1S/C23H42N4O6S.C3H8.C2H6/c1-16(2)19(28)10-5-6-11-20(29)25-13-8-7-9-18(23(32)33)27-21(30)15-26-22(31)17(24-3)12-14-34-4;1-3-2;1-2/h16-18,24H,5-15H2,1-4H3,(H,25,29)(H,26,31)(H,27,30)(H,32,33);3H2,1-2H3;1-2H3. The molecule has 0 spiro atoms. The Bertz CT molecular complexity index is 676. The van der Waals surface area contributed by atoms with Crippen LogP contribution in [0.3, 0.4) is 0 Å². The highest BCUT2D eigenvalue weighted by Crippen LogP contribution is 2.06. The first kappa shape index (κ1) is 41.3. The summed E-state index contributed by atoms with van der Waals surface area (Å²) in [5.41, 5.74) is 0. The van der Waals surface area contributed by atoms with Crippen molar-refractivity contribution in [1.29, 1.82) is 0 Å². The number of unbranched alkanes of at least 4 members (excludes halogenated alkanes) is 2. The number of amides is 3. The number of hydrogen-bond donors (Lipinski definition) is 5. The predicted octanol–water partition coefficient (Wildman–Crippen LogP) is 3.53. The summed E-state index contributed by atoms with van der Waals surface area (Å²) in [4.78, 5) is 59.0. The molecule has 230 valence electrons. The Kier molecular flexibility index (Phi) is 30.6. The van der Waals surface area contributed by atoms with Gasteiger partial charge in [0.2, 0.25) is 17.7 Å². The minimum Gasteiger partial charge on any atom is -0.480 e. The zero-order valence-corrected chi connectivity index (χ0v) is 26.4. The van der Waals surface area contributed by atoms with Gasteiger partial charge in [0.15, 0.2) is 0 Å². The van der Waals surface area contributed by atoms with E-state index in [1.165, 1.54) is 6.42 Å². The molecule has 5 N–H and O–H groups in total. The monoisotopic (exact) mass is 576 g/mol. The third-order valence-electron chi connectivity index (χ3n) is 5.29. The van der Waals surface area contributed by atoms with Gasteiger partial charge in [-0.15, -0.1) is 0 Å². The topological polar surface area (TPSA) is 154 Å². The number of carboxylic acids is 1. The maximum Gasteiger partial charge on any atom is 0.326 e. The normalized spacial score (nSPS) is 11.6. The minimum atomic E-state index is -1.15. The second kappa shape index (κ2) is 28.9. The average Bonchev–Trinajstić information content (AvgIpc) is 2.90. The van der Waals surface area contributed by atoms with Crippen molar-refractivity contribution in [2.45, 2.75) is 111 Å². The Balaban J connectivity index is -0.00000241. The first-order chi connectivity index (χ1) is 18.5. The lowest BCUT2D eigenvalue weighted by molar-refractivity contribution is -0.142. The molecule has 0 aliphatic rings. The van der Waals surface area contributed by atoms with Gasteiger partial charge in [-0.2, -0.15) is 11.8 Å². The highest BCUT2D eigenvalue weighted by molar-refractivity contribution is 7.98. The minimum absolute atomic E-state index is 0.0208. The van der Waals surface area contributed by atoms with Crippen LogP contribution in [-0.2, 0) is 24.0 Å². The lowest BCUT2D eigenvalue weighted by atomic mass is 10.0. The van der Waals surface area contributed by atoms with Crippen molar-refractivity contribution in [3.8, 4) is 0 Å². The summed E-state index contributed by atoms with van der Waals surface area (Å²) in [5.74, 6) is -1.08. The molecule has 0 aromatic carbocycles. The van der Waals surface area contributed by atoms with Crippen LogP contribution in [0.15, 0.2) is 0 Å². The Morgan fingerprint density at radius 1 is 0.821 bits per heavy atom. The Labute approximate surface area is 241 Å². The lowest BCUT2D eigenvalue weighted by Crippen LogP contribution is -2.49. The van der Waals surface area contributed by atoms with Crippen molar-refractivity contribution < 1.29 is 29.1 Å². The van der Waals surface area contributed by atoms with Crippen molar-refractivity contribution in [2.24, 2.45) is 5.92 Å². The van der Waals surface area contributed by atoms with Gasteiger partial charge in [-0.25, -0.2) is 4.79 Å². The van der Waals surface area contributed by atoms with Crippen molar-refractivity contribution >= 4 is 41.2 Å². The summed E-state index contributed by atoms with van der Waals surface area (Å²) in [5, 5.41) is 20.0. The largest absolute Gasteiger partial charge is 0.480 e. The second-order valence-corrected chi connectivity index (χ2v) is 10.2. The van der Waals surface area contributed by atoms with E-state index in [1.807, 2.05) is 34.0 Å². The fourth-order valence-corrected chi connectivity index (χ4v) is 3.57. The molecule has 11 heteroatoms. The third-order valence-corrected chi connectivity index (χ3v) is 5.94. The molecule has 0 bridgehead atoms. The van der Waals surface area contributed by atoms with E-state index in [2.05, 4.69) is 35.1 Å². The summed E-state index contributed by atoms with van der Waals surface area (Å²) >= 11 is 1.62. The summed E-state index contributed by atoms with van der Waals surface area (Å²) < 4.78 is 0. The highest BCUT2D eigenvalue weighted by Gasteiger charge is 2.21. The van der Waals surface area contributed by atoms with Crippen molar-refractivity contribution in [2.75, 3.05) is 32.1 Å². The van der Waals surface area contributed by atoms with E-state index in [0.29, 0.717) is 51.5 Å². The molecule has 0 aromatic heterocycles. The zero-order valence-electron chi connectivity index (χ0n) is 25.6. The number of Topliss-reactive ketones (excluding diaryl/α,β-unsaturated/α-hetero) is 1. The van der Waals surface area contributed by atoms with Gasteiger partial charge in [0.1, 0.15) is 11.8 Å². The Hall–Kier alpha value is -2.14. The van der Waals surface area contributed by atoms with Gasteiger partial charge in [0.25, 0.3) is 0 Å². The van der Waals surface area contributed by atoms with E-state index in [9.17, 15) is 29.1 Å². The molecule has 0 rings (SSSR count). The maximum absolute atomic E-state index is 12.1. The van der Waals surface area contributed by atoms with Crippen molar-refractivity contribution in [3.63, 3.8) is 0 Å². The number of hydrogen-bond acceptors (Lipinski definition) is 7. The van der Waals surface area contributed by atoms with Gasteiger partial charge in [-0.1, -0.05) is 48.0 Å². The van der Waals surface area contributed by atoms with Gasteiger partial charge < -0.3 is 26.4 Å².